The van der Waals surface area contributed by atoms with E-state index in [0.717, 1.165) is 24.2 Å². The Morgan fingerprint density at radius 3 is 2.38 bits per heavy atom. The SMILES string of the molecule is CSCC[C@H](C(=O)O[C@H](C)C(=O)N[C@@H]1CCC[C@@H](C)[C@H]1C)N1C(=O)c2ccccc2C1=O. The first-order valence-corrected chi connectivity index (χ1v) is 12.6. The Hall–Kier alpha value is -2.35. The van der Waals surface area contributed by atoms with Crippen LogP contribution in [0.5, 0.6) is 0 Å². The number of carbonyl (C=O) groups is 4. The van der Waals surface area contributed by atoms with Gasteiger partial charge in [0.1, 0.15) is 6.04 Å². The van der Waals surface area contributed by atoms with E-state index in [1.54, 1.807) is 24.3 Å². The van der Waals surface area contributed by atoms with Crippen LogP contribution in [0.2, 0.25) is 0 Å². The van der Waals surface area contributed by atoms with Gasteiger partial charge in [0.05, 0.1) is 11.1 Å². The zero-order chi connectivity index (χ0) is 23.4. The topological polar surface area (TPSA) is 92.8 Å². The summed E-state index contributed by atoms with van der Waals surface area (Å²) in [6.07, 6.45) is 4.24. The van der Waals surface area contributed by atoms with E-state index in [0.29, 0.717) is 17.6 Å². The maximum absolute atomic E-state index is 13.0. The fourth-order valence-corrected chi connectivity index (χ4v) is 4.92. The number of esters is 1. The van der Waals surface area contributed by atoms with Crippen LogP contribution in [0.1, 0.15) is 67.2 Å². The van der Waals surface area contributed by atoms with Crippen molar-refractivity contribution in [1.29, 1.82) is 0 Å². The lowest BCUT2D eigenvalue weighted by Crippen LogP contribution is -2.50. The molecule has 32 heavy (non-hydrogen) atoms. The molecule has 3 amide bonds. The van der Waals surface area contributed by atoms with E-state index in [1.807, 2.05) is 6.26 Å². The molecule has 0 radical (unpaired) electrons. The molecule has 174 valence electrons. The van der Waals surface area contributed by atoms with Gasteiger partial charge in [-0.25, -0.2) is 4.79 Å². The summed E-state index contributed by atoms with van der Waals surface area (Å²) in [5.41, 5.74) is 0.566. The highest BCUT2D eigenvalue weighted by Gasteiger charge is 2.43. The van der Waals surface area contributed by atoms with Crippen LogP contribution in [-0.4, -0.2) is 58.8 Å². The van der Waals surface area contributed by atoms with E-state index in [1.165, 1.54) is 18.7 Å². The summed E-state index contributed by atoms with van der Waals surface area (Å²) in [5.74, 6) is -0.659. The number of amides is 3. The minimum atomic E-state index is -1.07. The fraction of sp³-hybridized carbons (Fsp3) is 0.583. The number of imide groups is 1. The van der Waals surface area contributed by atoms with Crippen molar-refractivity contribution in [3.63, 3.8) is 0 Å². The molecular weight excluding hydrogens is 428 g/mol. The molecule has 1 heterocycles. The second-order valence-electron chi connectivity index (χ2n) is 8.78. The number of carbonyl (C=O) groups excluding carboxylic acids is 4. The zero-order valence-corrected chi connectivity index (χ0v) is 19.9. The highest BCUT2D eigenvalue weighted by atomic mass is 32.2. The van der Waals surface area contributed by atoms with Crippen LogP contribution >= 0.6 is 11.8 Å². The summed E-state index contributed by atoms with van der Waals surface area (Å²) in [5, 5.41) is 3.02. The average Bonchev–Trinajstić information content (AvgIpc) is 3.02. The first-order valence-electron chi connectivity index (χ1n) is 11.2. The Morgan fingerprint density at radius 1 is 1.16 bits per heavy atom. The molecule has 0 saturated heterocycles. The van der Waals surface area contributed by atoms with Crippen LogP contribution in [0.15, 0.2) is 24.3 Å². The van der Waals surface area contributed by atoms with E-state index in [-0.39, 0.29) is 29.5 Å². The van der Waals surface area contributed by atoms with Gasteiger partial charge in [-0.3, -0.25) is 19.3 Å². The summed E-state index contributed by atoms with van der Waals surface area (Å²) < 4.78 is 5.48. The van der Waals surface area contributed by atoms with Crippen LogP contribution in [0.4, 0.5) is 0 Å². The van der Waals surface area contributed by atoms with Crippen molar-refractivity contribution in [2.24, 2.45) is 11.8 Å². The van der Waals surface area contributed by atoms with Crippen molar-refractivity contribution in [3.05, 3.63) is 35.4 Å². The third kappa shape index (κ3) is 5.00. The van der Waals surface area contributed by atoms with E-state index in [4.69, 9.17) is 4.74 Å². The highest BCUT2D eigenvalue weighted by molar-refractivity contribution is 7.98. The molecule has 7 nitrogen and oxygen atoms in total. The van der Waals surface area contributed by atoms with E-state index in [2.05, 4.69) is 19.2 Å². The Kier molecular flexibility index (Phi) is 7.98. The normalized spacial score (nSPS) is 24.6. The minimum Gasteiger partial charge on any atom is -0.451 e. The molecule has 0 bridgehead atoms. The Labute approximate surface area is 193 Å². The van der Waals surface area contributed by atoms with Gasteiger partial charge in [-0.15, -0.1) is 0 Å². The molecule has 5 atom stereocenters. The smallest absolute Gasteiger partial charge is 0.330 e. The summed E-state index contributed by atoms with van der Waals surface area (Å²) in [7, 11) is 0. The van der Waals surface area contributed by atoms with Crippen molar-refractivity contribution in [2.75, 3.05) is 12.0 Å². The van der Waals surface area contributed by atoms with Crippen molar-refractivity contribution in [2.45, 2.75) is 64.6 Å². The molecule has 1 aromatic carbocycles. The van der Waals surface area contributed by atoms with Gasteiger partial charge in [0, 0.05) is 6.04 Å². The number of thioether (sulfide) groups is 1. The molecule has 1 N–H and O–H groups in total. The van der Waals surface area contributed by atoms with Crippen LogP contribution in [0, 0.1) is 11.8 Å². The fourth-order valence-electron chi connectivity index (χ4n) is 4.46. The van der Waals surface area contributed by atoms with Crippen molar-refractivity contribution >= 4 is 35.5 Å². The molecule has 1 fully saturated rings. The average molecular weight is 461 g/mol. The molecule has 1 aliphatic heterocycles. The third-order valence-corrected chi connectivity index (χ3v) is 7.35. The molecule has 1 aromatic rings. The predicted octanol–water partition coefficient (Wildman–Crippen LogP) is 3.28. The molecule has 3 rings (SSSR count). The van der Waals surface area contributed by atoms with Gasteiger partial charge < -0.3 is 10.1 Å². The van der Waals surface area contributed by atoms with Gasteiger partial charge in [0.25, 0.3) is 17.7 Å². The van der Waals surface area contributed by atoms with Crippen molar-refractivity contribution < 1.29 is 23.9 Å². The molecule has 8 heteroatoms. The van der Waals surface area contributed by atoms with Gasteiger partial charge in [-0.2, -0.15) is 11.8 Å². The maximum atomic E-state index is 13.0. The Bertz CT molecular complexity index is 854. The Morgan fingerprint density at radius 2 is 1.78 bits per heavy atom. The van der Waals surface area contributed by atoms with Crippen LogP contribution in [0.25, 0.3) is 0 Å². The molecule has 1 saturated carbocycles. The van der Waals surface area contributed by atoms with Crippen LogP contribution < -0.4 is 5.32 Å². The lowest BCUT2D eigenvalue weighted by Gasteiger charge is -2.35. The first-order chi connectivity index (χ1) is 15.3. The van der Waals surface area contributed by atoms with E-state index >= 15 is 0 Å². The molecule has 0 spiro atoms. The summed E-state index contributed by atoms with van der Waals surface area (Å²) in [6, 6.07) is 5.50. The lowest BCUT2D eigenvalue weighted by molar-refractivity contribution is -0.159. The van der Waals surface area contributed by atoms with Crippen LogP contribution in [0.3, 0.4) is 0 Å². The highest BCUT2D eigenvalue weighted by Crippen LogP contribution is 2.30. The number of hydrogen-bond donors (Lipinski definition) is 1. The second kappa shape index (κ2) is 10.5. The van der Waals surface area contributed by atoms with E-state index < -0.39 is 29.9 Å². The number of nitrogens with zero attached hydrogens (tertiary/aromatic N) is 1. The predicted molar refractivity (Wildman–Crippen MR) is 123 cm³/mol. The first kappa shape index (κ1) is 24.3. The molecule has 0 aromatic heterocycles. The minimum absolute atomic E-state index is 0.0518. The van der Waals surface area contributed by atoms with Crippen LogP contribution in [-0.2, 0) is 14.3 Å². The third-order valence-electron chi connectivity index (χ3n) is 6.70. The van der Waals surface area contributed by atoms with Gasteiger partial charge in [0.15, 0.2) is 6.10 Å². The van der Waals surface area contributed by atoms with Crippen molar-refractivity contribution in [1.82, 2.24) is 10.2 Å². The standard InChI is InChI=1S/C24H32N2O5S/c1-14-8-7-11-19(15(14)2)25-21(27)16(3)31-24(30)20(12-13-32-4)26-22(28)17-9-5-6-10-18(17)23(26)29/h5-6,9-10,14-16,19-20H,7-8,11-13H2,1-4H3,(H,25,27)/t14-,15-,16-,19-,20-/m1/s1. The number of rotatable bonds is 8. The number of benzene rings is 1. The maximum Gasteiger partial charge on any atom is 0.330 e. The molecule has 1 aliphatic carbocycles. The molecule has 0 unspecified atom stereocenters. The summed E-state index contributed by atoms with van der Waals surface area (Å²) in [4.78, 5) is 52.5. The summed E-state index contributed by atoms with van der Waals surface area (Å²) in [6.45, 7) is 5.84. The molecule has 2 aliphatic rings. The number of ether oxygens (including phenoxy) is 1. The second-order valence-corrected chi connectivity index (χ2v) is 9.77. The monoisotopic (exact) mass is 460 g/mol. The number of nitrogens with one attached hydrogen (secondary N) is 1. The lowest BCUT2D eigenvalue weighted by atomic mass is 9.78. The number of hydrogen-bond acceptors (Lipinski definition) is 6. The van der Waals surface area contributed by atoms with Crippen molar-refractivity contribution in [3.8, 4) is 0 Å². The summed E-state index contributed by atoms with van der Waals surface area (Å²) >= 11 is 1.51. The van der Waals surface area contributed by atoms with Gasteiger partial charge in [-0.05, 0) is 55.7 Å². The quantitative estimate of drug-likeness (QED) is 0.473. The largest absolute Gasteiger partial charge is 0.451 e. The Balaban J connectivity index is 1.69. The van der Waals surface area contributed by atoms with Gasteiger partial charge >= 0.3 is 5.97 Å². The van der Waals surface area contributed by atoms with Gasteiger partial charge in [-0.1, -0.05) is 38.8 Å². The van der Waals surface area contributed by atoms with Gasteiger partial charge in [0.2, 0.25) is 0 Å². The molecular formula is C24H32N2O5S. The van der Waals surface area contributed by atoms with E-state index in [9.17, 15) is 19.2 Å². The number of fused-ring (bicyclic) bond motifs is 1. The zero-order valence-electron chi connectivity index (χ0n) is 19.1.